The minimum absolute atomic E-state index is 0.00104. The van der Waals surface area contributed by atoms with Gasteiger partial charge in [-0.1, -0.05) is 57.5 Å². The molecule has 1 aliphatic rings. The second-order valence-electron chi connectivity index (χ2n) is 9.21. The summed E-state index contributed by atoms with van der Waals surface area (Å²) < 4.78 is 5.96. The van der Waals surface area contributed by atoms with Crippen molar-refractivity contribution in [1.29, 1.82) is 0 Å². The molecule has 1 N–H and O–H groups in total. The first-order valence-corrected chi connectivity index (χ1v) is 10.3. The number of ether oxygens (including phenoxy) is 1. The number of carbonyl (C=O) groups is 1. The number of methoxy groups -OCH3 is 1. The van der Waals surface area contributed by atoms with Crippen LogP contribution >= 0.6 is 11.6 Å². The molecule has 0 atom stereocenters. The van der Waals surface area contributed by atoms with E-state index in [1.807, 2.05) is 13.0 Å². The van der Waals surface area contributed by atoms with Crippen LogP contribution < -0.4 is 4.74 Å². The van der Waals surface area contributed by atoms with E-state index in [1.165, 1.54) is 11.1 Å². The van der Waals surface area contributed by atoms with Crippen LogP contribution in [0, 0.1) is 0 Å². The van der Waals surface area contributed by atoms with E-state index < -0.39 is 5.97 Å². The first-order valence-electron chi connectivity index (χ1n) is 9.91. The number of allylic oxidation sites excluding steroid dienone is 1. The predicted octanol–water partition coefficient (Wildman–Crippen LogP) is 6.96. The molecular weight excluding hydrogens is 384 g/mol. The number of aromatic carboxylic acids is 1. The standard InChI is InChI=1S/C25H29ClO3/c1-15(13-16-7-9-17(10-8-16)23(27)28)20-19(26)14-18-21(22(20)29-6)25(4,5)12-11-24(18,2)3/h7-10,13-14H,11-12H2,1-6H3,(H,27,28)/b15-13+. The maximum Gasteiger partial charge on any atom is 0.335 e. The van der Waals surface area contributed by atoms with Gasteiger partial charge in [0.1, 0.15) is 5.75 Å². The summed E-state index contributed by atoms with van der Waals surface area (Å²) in [5, 5.41) is 9.78. The Morgan fingerprint density at radius 1 is 1.10 bits per heavy atom. The Morgan fingerprint density at radius 2 is 1.69 bits per heavy atom. The summed E-state index contributed by atoms with van der Waals surface area (Å²) in [5.74, 6) is -0.0809. The molecule has 0 aliphatic heterocycles. The second kappa shape index (κ2) is 7.53. The second-order valence-corrected chi connectivity index (χ2v) is 9.62. The lowest BCUT2D eigenvalue weighted by atomic mass is 9.62. The average Bonchev–Trinajstić information content (AvgIpc) is 2.64. The Hall–Kier alpha value is -2.26. The van der Waals surface area contributed by atoms with E-state index in [4.69, 9.17) is 21.4 Å². The highest BCUT2D eigenvalue weighted by Crippen LogP contribution is 2.53. The third-order valence-electron chi connectivity index (χ3n) is 6.15. The fourth-order valence-electron chi connectivity index (χ4n) is 4.33. The number of carboxylic acids is 1. The number of hydrogen-bond donors (Lipinski definition) is 1. The van der Waals surface area contributed by atoms with Crippen LogP contribution in [0.2, 0.25) is 5.02 Å². The molecule has 1 aliphatic carbocycles. The van der Waals surface area contributed by atoms with Crippen LogP contribution in [0.1, 0.15) is 80.1 Å². The molecule has 0 spiro atoms. The Balaban J connectivity index is 2.18. The van der Waals surface area contributed by atoms with Gasteiger partial charge in [0.2, 0.25) is 0 Å². The summed E-state index contributed by atoms with van der Waals surface area (Å²) in [6.45, 7) is 11.1. The zero-order valence-electron chi connectivity index (χ0n) is 18.0. The minimum Gasteiger partial charge on any atom is -0.496 e. The lowest BCUT2D eigenvalue weighted by Crippen LogP contribution is -2.34. The Labute approximate surface area is 178 Å². The molecule has 2 aromatic rings. The molecule has 0 aromatic heterocycles. The summed E-state index contributed by atoms with van der Waals surface area (Å²) in [4.78, 5) is 11.1. The van der Waals surface area contributed by atoms with Gasteiger partial charge in [-0.25, -0.2) is 4.79 Å². The molecular formula is C25H29ClO3. The fraction of sp³-hybridized carbons (Fsp3) is 0.400. The molecule has 2 aromatic carbocycles. The number of carboxylic acid groups (broad SMARTS) is 1. The van der Waals surface area contributed by atoms with Gasteiger partial charge in [-0.2, -0.15) is 0 Å². The first-order chi connectivity index (χ1) is 13.5. The maximum absolute atomic E-state index is 11.1. The molecule has 154 valence electrons. The van der Waals surface area contributed by atoms with Gasteiger partial charge in [-0.05, 0) is 65.5 Å². The van der Waals surface area contributed by atoms with E-state index in [-0.39, 0.29) is 16.4 Å². The van der Waals surface area contributed by atoms with E-state index >= 15 is 0 Å². The van der Waals surface area contributed by atoms with Gasteiger partial charge in [-0.3, -0.25) is 0 Å². The Kier molecular flexibility index (Phi) is 5.57. The molecule has 0 heterocycles. The third kappa shape index (κ3) is 3.93. The first kappa shape index (κ1) is 21.4. The van der Waals surface area contributed by atoms with Crippen LogP contribution in [-0.4, -0.2) is 18.2 Å². The van der Waals surface area contributed by atoms with Crippen LogP contribution in [0.5, 0.6) is 5.75 Å². The highest BCUT2D eigenvalue weighted by atomic mass is 35.5. The molecule has 0 radical (unpaired) electrons. The molecule has 3 nitrogen and oxygen atoms in total. The van der Waals surface area contributed by atoms with Crippen molar-refractivity contribution < 1.29 is 14.6 Å². The summed E-state index contributed by atoms with van der Waals surface area (Å²) in [7, 11) is 1.71. The van der Waals surface area contributed by atoms with Gasteiger partial charge < -0.3 is 9.84 Å². The molecule has 0 amide bonds. The van der Waals surface area contributed by atoms with Crippen molar-refractivity contribution in [2.45, 2.75) is 58.3 Å². The SMILES string of the molecule is COc1c(/C(C)=C/c2ccc(C(=O)O)cc2)c(Cl)cc2c1C(C)(C)CCC2(C)C. The van der Waals surface area contributed by atoms with E-state index in [2.05, 4.69) is 33.8 Å². The van der Waals surface area contributed by atoms with Crippen molar-refractivity contribution >= 4 is 29.2 Å². The lowest BCUT2D eigenvalue weighted by Gasteiger charge is -2.43. The number of rotatable bonds is 4. The van der Waals surface area contributed by atoms with Gasteiger partial charge in [0.05, 0.1) is 17.7 Å². The van der Waals surface area contributed by atoms with Gasteiger partial charge in [-0.15, -0.1) is 0 Å². The minimum atomic E-state index is -0.929. The van der Waals surface area contributed by atoms with Gasteiger partial charge in [0, 0.05) is 11.1 Å². The Morgan fingerprint density at radius 3 is 2.24 bits per heavy atom. The van der Waals surface area contributed by atoms with Gasteiger partial charge >= 0.3 is 5.97 Å². The summed E-state index contributed by atoms with van der Waals surface area (Å²) in [5.41, 5.74) is 5.63. The number of halogens is 1. The number of benzene rings is 2. The zero-order valence-corrected chi connectivity index (χ0v) is 18.8. The van der Waals surface area contributed by atoms with Crippen LogP contribution in [0.4, 0.5) is 0 Å². The largest absolute Gasteiger partial charge is 0.496 e. The maximum atomic E-state index is 11.1. The number of hydrogen-bond acceptors (Lipinski definition) is 2. The van der Waals surface area contributed by atoms with Crippen LogP contribution in [0.15, 0.2) is 30.3 Å². The monoisotopic (exact) mass is 412 g/mol. The Bertz CT molecular complexity index is 982. The molecule has 29 heavy (non-hydrogen) atoms. The number of fused-ring (bicyclic) bond motifs is 1. The normalized spacial score (nSPS) is 17.6. The quantitative estimate of drug-likeness (QED) is 0.552. The lowest BCUT2D eigenvalue weighted by molar-refractivity contribution is 0.0697. The van der Waals surface area contributed by atoms with Crippen molar-refractivity contribution in [3.63, 3.8) is 0 Å². The fourth-order valence-corrected chi connectivity index (χ4v) is 4.68. The van der Waals surface area contributed by atoms with E-state index in [0.29, 0.717) is 5.02 Å². The van der Waals surface area contributed by atoms with Gasteiger partial charge in [0.15, 0.2) is 0 Å². The molecule has 0 fully saturated rings. The smallest absolute Gasteiger partial charge is 0.335 e. The van der Waals surface area contributed by atoms with Crippen molar-refractivity contribution in [3.8, 4) is 5.75 Å². The van der Waals surface area contributed by atoms with Crippen molar-refractivity contribution in [3.05, 3.63) is 63.2 Å². The molecule has 0 saturated carbocycles. The van der Waals surface area contributed by atoms with Gasteiger partial charge in [0.25, 0.3) is 0 Å². The van der Waals surface area contributed by atoms with E-state index in [9.17, 15) is 4.79 Å². The summed E-state index contributed by atoms with van der Waals surface area (Å²) in [6, 6.07) is 8.94. The molecule has 0 bridgehead atoms. The molecule has 4 heteroatoms. The average molecular weight is 413 g/mol. The van der Waals surface area contributed by atoms with Crippen molar-refractivity contribution in [2.75, 3.05) is 7.11 Å². The highest BCUT2D eigenvalue weighted by molar-refractivity contribution is 6.33. The highest BCUT2D eigenvalue weighted by Gasteiger charge is 2.40. The predicted molar refractivity (Wildman–Crippen MR) is 120 cm³/mol. The van der Waals surface area contributed by atoms with Crippen LogP contribution in [-0.2, 0) is 10.8 Å². The van der Waals surface area contributed by atoms with Crippen LogP contribution in [0.25, 0.3) is 11.6 Å². The molecule has 0 unspecified atom stereocenters. The molecule has 0 saturated heterocycles. The van der Waals surface area contributed by atoms with Crippen molar-refractivity contribution in [1.82, 2.24) is 0 Å². The molecule has 3 rings (SSSR count). The zero-order chi connectivity index (χ0) is 21.6. The van der Waals surface area contributed by atoms with Crippen LogP contribution in [0.3, 0.4) is 0 Å². The summed E-state index contributed by atoms with van der Waals surface area (Å²) in [6.07, 6.45) is 4.21. The van der Waals surface area contributed by atoms with Crippen molar-refractivity contribution in [2.24, 2.45) is 0 Å². The van der Waals surface area contributed by atoms with E-state index in [0.717, 1.165) is 35.3 Å². The topological polar surface area (TPSA) is 46.5 Å². The third-order valence-corrected chi connectivity index (χ3v) is 6.45. The summed E-state index contributed by atoms with van der Waals surface area (Å²) >= 11 is 6.79. The van der Waals surface area contributed by atoms with E-state index in [1.54, 1.807) is 31.4 Å².